The number of carbonyl (C=O) groups excluding carboxylic acids is 1. The highest BCUT2D eigenvalue weighted by atomic mass is 35.5. The van der Waals surface area contributed by atoms with E-state index in [4.69, 9.17) is 16.7 Å². The van der Waals surface area contributed by atoms with Crippen LogP contribution in [0, 0.1) is 0 Å². The summed E-state index contributed by atoms with van der Waals surface area (Å²) in [6, 6.07) is 3.53. The second-order valence-electron chi connectivity index (χ2n) is 4.29. The summed E-state index contributed by atoms with van der Waals surface area (Å²) >= 11 is 5.98. The minimum absolute atomic E-state index is 0.0683. The molecule has 0 unspecified atom stereocenters. The van der Waals surface area contributed by atoms with Crippen LogP contribution in [-0.2, 0) is 6.42 Å². The Morgan fingerprint density at radius 2 is 2.26 bits per heavy atom. The molecule has 2 aromatic rings. The van der Waals surface area contributed by atoms with Crippen molar-refractivity contribution < 1.29 is 9.90 Å². The Balaban J connectivity index is 2.56. The molecule has 0 aromatic carbocycles. The number of aryl methyl sites for hydroxylation is 1. The molecule has 0 aliphatic rings. The van der Waals surface area contributed by atoms with Gasteiger partial charge >= 0.3 is 0 Å². The van der Waals surface area contributed by atoms with Gasteiger partial charge in [0.05, 0.1) is 17.3 Å². The number of rotatable bonds is 4. The molecule has 0 aliphatic carbocycles. The number of hydrogen-bond donors (Lipinski definition) is 1. The first-order valence-corrected chi connectivity index (χ1v) is 6.49. The van der Waals surface area contributed by atoms with Gasteiger partial charge in [0.25, 0.3) is 5.91 Å². The maximum absolute atomic E-state index is 12.4. The van der Waals surface area contributed by atoms with E-state index in [0.29, 0.717) is 22.8 Å². The monoisotopic (exact) mass is 281 g/mol. The fourth-order valence-corrected chi connectivity index (χ4v) is 2.13. The SMILES string of the molecule is CCc1nc2ccc(Cl)cn2c1C(=O)N(C)CCO. The number of aromatic nitrogens is 2. The number of nitrogens with zero attached hydrogens (tertiary/aromatic N) is 3. The van der Waals surface area contributed by atoms with Crippen LogP contribution in [0.2, 0.25) is 5.02 Å². The lowest BCUT2D eigenvalue weighted by Gasteiger charge is -2.16. The Morgan fingerprint density at radius 1 is 1.53 bits per heavy atom. The number of amides is 1. The highest BCUT2D eigenvalue weighted by Gasteiger charge is 2.21. The van der Waals surface area contributed by atoms with Crippen molar-refractivity contribution >= 4 is 23.2 Å². The van der Waals surface area contributed by atoms with Gasteiger partial charge in [-0.2, -0.15) is 0 Å². The Morgan fingerprint density at radius 3 is 2.89 bits per heavy atom. The number of halogens is 1. The van der Waals surface area contributed by atoms with Gasteiger partial charge in [0.2, 0.25) is 0 Å². The molecule has 0 aliphatic heterocycles. The predicted molar refractivity (Wildman–Crippen MR) is 73.6 cm³/mol. The number of fused-ring (bicyclic) bond motifs is 1. The third-order valence-electron chi connectivity index (χ3n) is 2.97. The molecule has 6 heteroatoms. The van der Waals surface area contributed by atoms with Crippen LogP contribution in [-0.4, -0.2) is 45.5 Å². The highest BCUT2D eigenvalue weighted by molar-refractivity contribution is 6.30. The Kier molecular flexibility index (Phi) is 4.07. The fraction of sp³-hybridized carbons (Fsp3) is 0.385. The van der Waals surface area contributed by atoms with Gasteiger partial charge in [0.15, 0.2) is 0 Å². The minimum atomic E-state index is -0.166. The molecule has 0 bridgehead atoms. The molecule has 0 radical (unpaired) electrons. The van der Waals surface area contributed by atoms with Crippen LogP contribution in [0.3, 0.4) is 0 Å². The van der Waals surface area contributed by atoms with Gasteiger partial charge in [-0.25, -0.2) is 4.98 Å². The van der Waals surface area contributed by atoms with Gasteiger partial charge in [-0.05, 0) is 18.6 Å². The normalized spacial score (nSPS) is 10.9. The van der Waals surface area contributed by atoms with Crippen molar-refractivity contribution in [3.05, 3.63) is 34.7 Å². The van der Waals surface area contributed by atoms with E-state index in [1.54, 1.807) is 29.8 Å². The molecule has 1 N–H and O–H groups in total. The second-order valence-corrected chi connectivity index (χ2v) is 4.72. The minimum Gasteiger partial charge on any atom is -0.395 e. The van der Waals surface area contributed by atoms with Crippen molar-refractivity contribution in [3.63, 3.8) is 0 Å². The number of carbonyl (C=O) groups is 1. The van der Waals surface area contributed by atoms with Crippen molar-refractivity contribution in [1.29, 1.82) is 0 Å². The average Bonchev–Trinajstić information content (AvgIpc) is 2.75. The average molecular weight is 282 g/mol. The molecule has 0 fully saturated rings. The lowest BCUT2D eigenvalue weighted by atomic mass is 10.2. The van der Waals surface area contributed by atoms with Crippen LogP contribution in [0.15, 0.2) is 18.3 Å². The zero-order valence-electron chi connectivity index (χ0n) is 10.9. The Labute approximate surface area is 116 Å². The van der Waals surface area contributed by atoms with Crippen LogP contribution in [0.1, 0.15) is 23.1 Å². The van der Waals surface area contributed by atoms with E-state index in [1.807, 2.05) is 6.92 Å². The zero-order chi connectivity index (χ0) is 14.0. The molecule has 2 aromatic heterocycles. The molecule has 102 valence electrons. The van der Waals surface area contributed by atoms with Crippen LogP contribution in [0.5, 0.6) is 0 Å². The maximum Gasteiger partial charge on any atom is 0.272 e. The molecule has 2 rings (SSSR count). The number of aliphatic hydroxyl groups is 1. The summed E-state index contributed by atoms with van der Waals surface area (Å²) < 4.78 is 1.71. The lowest BCUT2D eigenvalue weighted by molar-refractivity contribution is 0.0759. The van der Waals surface area contributed by atoms with Crippen LogP contribution >= 0.6 is 11.6 Å². The first kappa shape index (κ1) is 13.8. The van der Waals surface area contributed by atoms with E-state index in [0.717, 1.165) is 5.69 Å². The number of pyridine rings is 1. The van der Waals surface area contributed by atoms with Crippen molar-refractivity contribution in [2.24, 2.45) is 0 Å². The van der Waals surface area contributed by atoms with Gasteiger partial charge < -0.3 is 10.0 Å². The Hall–Kier alpha value is -1.59. The molecular formula is C13H16ClN3O2. The predicted octanol–water partition coefficient (Wildman–Crippen LogP) is 1.61. The molecule has 19 heavy (non-hydrogen) atoms. The van der Waals surface area contributed by atoms with E-state index >= 15 is 0 Å². The first-order chi connectivity index (χ1) is 9.08. The molecule has 5 nitrogen and oxygen atoms in total. The van der Waals surface area contributed by atoms with Crippen molar-refractivity contribution in [2.75, 3.05) is 20.2 Å². The molecule has 2 heterocycles. The number of aliphatic hydroxyl groups excluding tert-OH is 1. The van der Waals surface area contributed by atoms with Crippen molar-refractivity contribution in [1.82, 2.24) is 14.3 Å². The van der Waals surface area contributed by atoms with E-state index in [9.17, 15) is 4.79 Å². The summed E-state index contributed by atoms with van der Waals surface area (Å²) in [5, 5.41) is 9.48. The van der Waals surface area contributed by atoms with Crippen molar-refractivity contribution in [3.8, 4) is 0 Å². The number of hydrogen-bond acceptors (Lipinski definition) is 3. The van der Waals surface area contributed by atoms with E-state index in [-0.39, 0.29) is 19.1 Å². The summed E-state index contributed by atoms with van der Waals surface area (Å²) in [4.78, 5) is 18.3. The van der Waals surface area contributed by atoms with Crippen LogP contribution in [0.25, 0.3) is 5.65 Å². The molecule has 0 atom stereocenters. The summed E-state index contributed by atoms with van der Waals surface area (Å²) in [7, 11) is 1.65. The maximum atomic E-state index is 12.4. The fourth-order valence-electron chi connectivity index (χ4n) is 1.97. The molecule has 0 saturated heterocycles. The quantitative estimate of drug-likeness (QED) is 0.926. The molecule has 0 spiro atoms. The summed E-state index contributed by atoms with van der Waals surface area (Å²) in [5.74, 6) is -0.166. The van der Waals surface area contributed by atoms with Crippen LogP contribution in [0.4, 0.5) is 0 Å². The van der Waals surface area contributed by atoms with E-state index < -0.39 is 0 Å². The summed E-state index contributed by atoms with van der Waals surface area (Å²) in [6.45, 7) is 2.17. The van der Waals surface area contributed by atoms with Gasteiger partial charge in [0, 0.05) is 19.8 Å². The van der Waals surface area contributed by atoms with Gasteiger partial charge in [-0.15, -0.1) is 0 Å². The lowest BCUT2D eigenvalue weighted by Crippen LogP contribution is -2.31. The zero-order valence-corrected chi connectivity index (χ0v) is 11.7. The molecule has 0 saturated carbocycles. The van der Waals surface area contributed by atoms with Gasteiger partial charge in [0.1, 0.15) is 11.3 Å². The van der Waals surface area contributed by atoms with Crippen molar-refractivity contribution in [2.45, 2.75) is 13.3 Å². The Bertz CT molecular complexity index is 609. The van der Waals surface area contributed by atoms with Gasteiger partial charge in [-0.3, -0.25) is 9.20 Å². The number of likely N-dealkylation sites (N-methyl/N-ethyl adjacent to an activating group) is 1. The largest absolute Gasteiger partial charge is 0.395 e. The smallest absolute Gasteiger partial charge is 0.272 e. The molecular weight excluding hydrogens is 266 g/mol. The van der Waals surface area contributed by atoms with Gasteiger partial charge in [-0.1, -0.05) is 18.5 Å². The van der Waals surface area contributed by atoms with Crippen LogP contribution < -0.4 is 0 Å². The number of imidazole rings is 1. The van der Waals surface area contributed by atoms with E-state index in [2.05, 4.69) is 4.98 Å². The molecule has 1 amide bonds. The standard InChI is InChI=1S/C13H16ClN3O2/c1-3-10-12(13(19)16(2)6-7-18)17-8-9(14)4-5-11(17)15-10/h4-5,8,18H,3,6-7H2,1-2H3. The highest BCUT2D eigenvalue weighted by Crippen LogP contribution is 2.18. The second kappa shape index (κ2) is 5.59. The summed E-state index contributed by atoms with van der Waals surface area (Å²) in [6.07, 6.45) is 2.34. The van der Waals surface area contributed by atoms with E-state index in [1.165, 1.54) is 4.90 Å². The first-order valence-electron chi connectivity index (χ1n) is 6.11. The third-order valence-corrected chi connectivity index (χ3v) is 3.20. The summed E-state index contributed by atoms with van der Waals surface area (Å²) in [5.41, 5.74) is 1.94. The topological polar surface area (TPSA) is 57.8 Å². The third kappa shape index (κ3) is 2.57.